The Labute approximate surface area is 922 Å². The van der Waals surface area contributed by atoms with Gasteiger partial charge in [0, 0.05) is 113 Å². The van der Waals surface area contributed by atoms with E-state index >= 15 is 0 Å². The number of fused-ring (bicyclic) bond motifs is 21. The highest BCUT2D eigenvalue weighted by Gasteiger charge is 2.88. The van der Waals surface area contributed by atoms with Crippen molar-refractivity contribution in [3.63, 3.8) is 0 Å². The first-order valence-corrected chi connectivity index (χ1v) is 56.4. The van der Waals surface area contributed by atoms with Crippen molar-refractivity contribution in [3.05, 3.63) is 128 Å². The summed E-state index contributed by atoms with van der Waals surface area (Å²) in [5, 5.41) is 72.1. The van der Waals surface area contributed by atoms with Gasteiger partial charge >= 0.3 is 23.9 Å². The molecule has 0 aromatic carbocycles. The molecule has 0 amide bonds. The van der Waals surface area contributed by atoms with Crippen LogP contribution >= 0.6 is 0 Å². The number of esters is 3. The molecule has 6 N–H and O–H groups in total. The number of carbonyl (C=O) groups excluding carboxylic acids is 8. The van der Waals surface area contributed by atoms with Gasteiger partial charge in [-0.3, -0.25) is 38.4 Å². The number of aliphatic hydroxyl groups is 5. The highest BCUT2D eigenvalue weighted by molar-refractivity contribution is 6.08. The smallest absolute Gasteiger partial charge is 0.313 e. The van der Waals surface area contributed by atoms with Crippen LogP contribution in [0.4, 0.5) is 0 Å². The fourth-order valence-corrected chi connectivity index (χ4v) is 42.9. The van der Waals surface area contributed by atoms with Gasteiger partial charge in [-0.25, -0.2) is 9.69 Å². The topological polar surface area (TPSA) is 363 Å². The lowest BCUT2D eigenvalue weighted by molar-refractivity contribution is -0.208. The van der Waals surface area contributed by atoms with Gasteiger partial charge in [0.25, 0.3) is 0 Å². The average molecular weight is 2130 g/mol. The second-order valence-corrected chi connectivity index (χ2v) is 60.0. The number of allylic oxidation sites excluding steroid dienone is 8. The molecule has 0 unspecified atom stereocenters. The van der Waals surface area contributed by atoms with Gasteiger partial charge in [0.1, 0.15) is 17.3 Å². The van der Waals surface area contributed by atoms with Gasteiger partial charge in [0.15, 0.2) is 45.7 Å². The van der Waals surface area contributed by atoms with Gasteiger partial charge < -0.3 is 58.7 Å². The van der Waals surface area contributed by atoms with E-state index in [4.69, 9.17) is 80.9 Å². The van der Waals surface area contributed by atoms with Gasteiger partial charge in [0.05, 0.1) is 84.5 Å². The number of Topliss-reactive ketones (excluding diaryl/α,β-unsaturated/α-hetero) is 1. The molecule has 23 aliphatic rings. The molecule has 3 saturated heterocycles. The van der Waals surface area contributed by atoms with Crippen molar-refractivity contribution in [2.45, 2.75) is 393 Å². The van der Waals surface area contributed by atoms with Gasteiger partial charge in [0.2, 0.25) is 11.4 Å². The van der Waals surface area contributed by atoms with Crippen LogP contribution in [0.2, 0.25) is 0 Å². The summed E-state index contributed by atoms with van der Waals surface area (Å²) in [6.45, 7) is 67.5. The molecule has 832 valence electrons. The monoisotopic (exact) mass is 2120 g/mol. The molecule has 32 atom stereocenters. The summed E-state index contributed by atoms with van der Waals surface area (Å²) in [5.74, 6) is -0.805. The van der Waals surface area contributed by atoms with E-state index in [9.17, 15) is 73.8 Å². The summed E-state index contributed by atoms with van der Waals surface area (Å²) in [7, 11) is 0. The van der Waals surface area contributed by atoms with E-state index in [1.165, 1.54) is 11.1 Å². The Balaban J connectivity index is 0.000000335. The van der Waals surface area contributed by atoms with Crippen molar-refractivity contribution in [1.82, 2.24) is 10.3 Å². The van der Waals surface area contributed by atoms with Gasteiger partial charge in [-0.1, -0.05) is 191 Å². The van der Waals surface area contributed by atoms with E-state index in [2.05, 4.69) is 165 Å². The summed E-state index contributed by atoms with van der Waals surface area (Å²) < 4.78 is 181. The molecule has 2 aromatic heterocycles. The molecular formula is C124H196N4O20. The zero-order chi connectivity index (χ0) is 137. The lowest BCUT2D eigenvalue weighted by Crippen LogP contribution is -2.72. The van der Waals surface area contributed by atoms with Crippen LogP contribution in [0.5, 0.6) is 0 Å². The molecule has 0 radical (unpaired) electrons. The highest BCUT2D eigenvalue weighted by Crippen LogP contribution is 2.86. The molecule has 148 heavy (non-hydrogen) atoms. The summed E-state index contributed by atoms with van der Waals surface area (Å²) in [6.07, 6.45) is 37.3. The molecule has 3 aliphatic heterocycles. The standard InChI is InChI=1S/2C31H41NO5.C31H39NO5.C31H43NO5.16H2/c1-25(2)9-11-30-12-10-29(6)28(5)8-7-19-26(3,14-18-16-32-37-23(18)27(19,4)17-33)20(28)13-22(34)31(29,21(30)15-25)36-24(30)35;2*1-25(2)10-12-30-13-11-29(6)28(5)9-8-19-26(3,15-18(32-7)23(35)27(19,4)17-33)20(28)14-22(34)31(29,21(30)16-25)37-24(30)36;1-26(2)9-11-31(25(35)36)12-10-30(6)23(19(31)15-26)20(34)13-22-27(3)14-18-16-32-37-24(18)28(4,17-33)21(27)7-8-29(22,30)5;;;;;;;;;;;;;;;;/h13,16,19,21,33H,7-12,14-15,17H2,1-6H3;14,19,21,33,35H,8-13,15-17H2,1-6H3;14-15,19,21,33H,8-13,16-17H2,1-6H3;13,16,19,21,23,33H,7-12,14-15,17H2,1-6H3,(H,35,36);16*1H/t3*19-,21-,26+,27+,28-,29+,30+,31-;19-,21+,23-,27-,28-,29+,30+,31-;;;;;;;;;;;;;;;;/m1110................/s1/i;;;;15*1+2T;1+2. The van der Waals surface area contributed by atoms with Crippen LogP contribution in [-0.2, 0) is 81.0 Å². The maximum atomic E-state index is 14.6. The summed E-state index contributed by atoms with van der Waals surface area (Å²) in [4.78, 5) is 132. The number of carboxylic acids is 1. The van der Waals surface area contributed by atoms with Crippen LogP contribution in [0.15, 0.2) is 91.3 Å². The number of aliphatic hydroxyl groups excluding tert-OH is 5. The number of aromatic nitrogens is 2. The van der Waals surface area contributed by atoms with E-state index in [1.54, 1.807) is 37.5 Å². The van der Waals surface area contributed by atoms with Crippen molar-refractivity contribution in [2.75, 3.05) is 26.4 Å². The van der Waals surface area contributed by atoms with Crippen LogP contribution in [0.25, 0.3) is 9.69 Å². The van der Waals surface area contributed by atoms with E-state index < -0.39 is 104 Å². The Hall–Kier alpha value is -8.29. The Kier molecular flexibility index (Phi) is 18.2. The number of rotatable bonds is 5. The third-order valence-corrected chi connectivity index (χ3v) is 52.1. The molecule has 20 aliphatic carbocycles. The normalized spacial score (nSPS) is 51.4. The van der Waals surface area contributed by atoms with Crippen molar-refractivity contribution < 1.29 is 143 Å². The van der Waals surface area contributed by atoms with Gasteiger partial charge in [-0.05, 0) is 332 Å². The lowest BCUT2D eigenvalue weighted by atomic mass is 9.33. The van der Waals surface area contributed by atoms with Crippen LogP contribution in [0, 0.1) is 186 Å². The number of ether oxygens (including phenoxy) is 3. The number of hydrogen-bond acceptors (Lipinski definition) is 21. The number of hydrogen-bond donors (Lipinski definition) is 6. The third kappa shape index (κ3) is 11.8. The van der Waals surface area contributed by atoms with Gasteiger partial charge in [-0.15, -0.1) is 0 Å². The van der Waals surface area contributed by atoms with E-state index in [0.29, 0.717) is 25.7 Å². The quantitative estimate of drug-likeness (QED) is 0.0920. The van der Waals surface area contributed by atoms with E-state index in [-0.39, 0.29) is 194 Å². The number of carboxylic acid groups (broad SMARTS) is 1. The van der Waals surface area contributed by atoms with E-state index in [0.717, 1.165) is 207 Å². The van der Waals surface area contributed by atoms with Crippen LogP contribution in [-0.4, -0.2) is 137 Å². The summed E-state index contributed by atoms with van der Waals surface area (Å²) in [6, 6.07) is 0. The average Bonchev–Trinajstić information content (AvgIpc) is 1.49. The first-order valence-electron chi connectivity index (χ1n) is 71.4. The maximum absolute atomic E-state index is 14.6. The van der Waals surface area contributed by atoms with Crippen LogP contribution in [0.1, 0.15) is 421 Å². The minimum absolute atomic E-state index is 0. The zero-order valence-electron chi connectivity index (χ0n) is 123. The molecule has 24 heteroatoms. The molecule has 6 bridgehead atoms. The third-order valence-electron chi connectivity index (χ3n) is 52.1. The summed E-state index contributed by atoms with van der Waals surface area (Å²) in [5.41, 5.74) is -7.35. The zero-order valence-corrected chi connectivity index (χ0v) is 92.7. The minimum Gasteiger partial charge on any atom is -0.523 e. The molecule has 5 heterocycles. The number of nitrogens with zero attached hydrogens (tertiary/aromatic N) is 4. The van der Waals surface area contributed by atoms with Crippen molar-refractivity contribution in [1.29, 1.82) is 0 Å². The van der Waals surface area contributed by atoms with Gasteiger partial charge in [-0.2, -0.15) is 0 Å². The lowest BCUT2D eigenvalue weighted by Gasteiger charge is -2.69. The Morgan fingerprint density at radius 1 is 0.399 bits per heavy atom. The number of carbonyl (C=O) groups is 9. The Morgan fingerprint density at radius 3 is 1.14 bits per heavy atom. The molecule has 2 aromatic rings. The molecule has 15 fully saturated rings. The molecule has 3 spiro atoms. The molecule has 25 rings (SSSR count). The predicted octanol–water partition coefficient (Wildman–Crippen LogP) is 26.1. The van der Waals surface area contributed by atoms with Crippen LogP contribution < -0.4 is 0 Å². The van der Waals surface area contributed by atoms with E-state index in [1.807, 2.05) is 26.0 Å². The summed E-state index contributed by atoms with van der Waals surface area (Å²) >= 11 is 0. The SMILES string of the molecule is CC1(C)CC[C@@]23CC[C@@]4(C)[C@]5(C)CC[C@@H]6[C@](C)(Cc7cnoc7[C@@]6(C)CO)C5=CC(=O)[C@]4(OC2=O)[C@@H]3C1.CC1(C)CC[C@]2(C(=O)O)CC[C@]3(C)[C@H](C(=O)C=C4[C@@]5(C)Cc6cnoc6[C@@](C)(CO)[C@@H]5CC[C@]43C)[C@@H]2C1.[3HH].[3H][3H].[3H][3H].[3H][3H].[3H][3H].[3H][3H].[3H][3H].[3H][3H].[3H][3H].[3H][3H].[3H][3H].[3H][3H].[3H][3H].[3H][3H].[3H][3H].[3H][3H].[C-]#[N+]C1=C(O)[C@@](C)(CO)[C@@H]2CC[C@]3(C)C(=CC(=O)[C@]45OC(=O)[C@@]6(CCC(C)(C)C[C@H]64)CC[C@@]35C)[C@@]2(C)C1.[C-]#[N+]C1=C[C@]2(C)C3=CC(=O)[C@]45OC(=O)[C@@]6(CCC(C)(C)C[C@H]64)CC[C@@]5(C)[C@]3(C)CC[C@H]2[C@](C)(CO)C1=O. The number of ketones is 5. The second kappa shape index (κ2) is 30.9. The fraction of sp³-hybridized carbons (Fsp3) is 0.766. The molecule has 12 saturated carbocycles. The molecular weight excluding hydrogens is 1870 g/mol. The fourth-order valence-electron chi connectivity index (χ4n) is 42.9. The first-order chi connectivity index (χ1) is 83.7. The number of aliphatic carboxylic acids is 1. The Morgan fingerprint density at radius 2 is 0.743 bits per heavy atom. The Bertz CT molecular complexity index is 6650. The van der Waals surface area contributed by atoms with Crippen molar-refractivity contribution in [2.24, 2.45) is 172 Å². The maximum Gasteiger partial charge on any atom is 0.313 e. The minimum atomic E-state index is -1.18. The highest BCUT2D eigenvalue weighted by atomic mass is 16.6. The predicted molar refractivity (Wildman–Crippen MR) is 583 cm³/mol. The first kappa shape index (κ1) is 87.1. The van der Waals surface area contributed by atoms with Crippen molar-refractivity contribution >= 4 is 52.8 Å². The second-order valence-electron chi connectivity index (χ2n) is 60.0. The van der Waals surface area contributed by atoms with Crippen LogP contribution in [0.3, 0.4) is 0 Å². The largest absolute Gasteiger partial charge is 0.523 e. The van der Waals surface area contributed by atoms with Crippen molar-refractivity contribution in [3.8, 4) is 0 Å². The molecule has 24 nitrogen and oxygen atoms in total.